The molecule has 0 spiro atoms. The van der Waals surface area contributed by atoms with Gasteiger partial charge in [0.25, 0.3) is 0 Å². The van der Waals surface area contributed by atoms with Crippen LogP contribution < -0.4 is 4.90 Å². The summed E-state index contributed by atoms with van der Waals surface area (Å²) in [7, 11) is 0. The van der Waals surface area contributed by atoms with Crippen LogP contribution in [0.2, 0.25) is 0 Å². The van der Waals surface area contributed by atoms with Crippen LogP contribution in [0.5, 0.6) is 0 Å². The molecule has 1 aliphatic rings. The molecule has 0 unspecified atom stereocenters. The monoisotopic (exact) mass is 450 g/mol. The molecule has 0 fully saturated rings. The minimum absolute atomic E-state index is 0.160. The third kappa shape index (κ3) is 3.13. The van der Waals surface area contributed by atoms with Crippen LogP contribution in [0.1, 0.15) is 24.0 Å². The summed E-state index contributed by atoms with van der Waals surface area (Å²) >= 11 is 3.53. The van der Waals surface area contributed by atoms with Crippen LogP contribution in [0.15, 0.2) is 83.3 Å². The van der Waals surface area contributed by atoms with Gasteiger partial charge in [0.15, 0.2) is 0 Å². The molecule has 0 bridgehead atoms. The van der Waals surface area contributed by atoms with Gasteiger partial charge in [-0.15, -0.1) is 0 Å². The molecule has 0 aromatic heterocycles. The summed E-state index contributed by atoms with van der Waals surface area (Å²) in [5, 5.41) is 11.6. The SMILES string of the molecule is C[C@@]1([C@@H](C[N+](=O)[O-])c2ccccc2Br)C(=O)N(c2ccccc2)c2ccccc21. The van der Waals surface area contributed by atoms with Gasteiger partial charge in [-0.05, 0) is 42.3 Å². The Labute approximate surface area is 177 Å². The van der Waals surface area contributed by atoms with Crippen LogP contribution >= 0.6 is 15.9 Å². The average Bonchev–Trinajstić information content (AvgIpc) is 2.95. The number of amides is 1. The first kappa shape index (κ1) is 19.3. The second kappa shape index (κ2) is 7.44. The minimum Gasteiger partial charge on any atom is -0.280 e. The fourth-order valence-corrected chi connectivity index (χ4v) is 4.79. The summed E-state index contributed by atoms with van der Waals surface area (Å²) < 4.78 is 0.761. The number of carbonyl (C=O) groups excluding carboxylic acids is 1. The summed E-state index contributed by atoms with van der Waals surface area (Å²) in [4.78, 5) is 26.9. The van der Waals surface area contributed by atoms with E-state index in [9.17, 15) is 14.9 Å². The highest BCUT2D eigenvalue weighted by atomic mass is 79.9. The molecule has 1 aliphatic heterocycles. The second-order valence-electron chi connectivity index (χ2n) is 7.29. The predicted octanol–water partition coefficient (Wildman–Crippen LogP) is 5.45. The standard InChI is InChI=1S/C23H19BrN2O3/c1-23(19(15-25(28)29)17-11-5-7-13-20(17)24)18-12-6-8-14-21(18)26(22(23)27)16-9-3-2-4-10-16/h2-14,19H,15H2,1H3/t19-,23+/m0/s1. The molecule has 146 valence electrons. The Morgan fingerprint density at radius 3 is 2.31 bits per heavy atom. The molecular formula is C23H19BrN2O3. The minimum atomic E-state index is -1.08. The number of nitro groups is 1. The summed E-state index contributed by atoms with van der Waals surface area (Å²) in [6.07, 6.45) is 0. The predicted molar refractivity (Wildman–Crippen MR) is 116 cm³/mol. The summed E-state index contributed by atoms with van der Waals surface area (Å²) in [6, 6.07) is 24.4. The van der Waals surface area contributed by atoms with E-state index in [4.69, 9.17) is 0 Å². The molecule has 29 heavy (non-hydrogen) atoms. The lowest BCUT2D eigenvalue weighted by molar-refractivity contribution is -0.484. The van der Waals surface area contributed by atoms with E-state index in [1.807, 2.05) is 85.8 Å². The lowest BCUT2D eigenvalue weighted by Gasteiger charge is -2.32. The highest BCUT2D eigenvalue weighted by molar-refractivity contribution is 9.10. The van der Waals surface area contributed by atoms with Crippen LogP contribution in [-0.4, -0.2) is 17.4 Å². The average molecular weight is 451 g/mol. The maximum Gasteiger partial charge on any atom is 0.242 e. The van der Waals surface area contributed by atoms with Crippen molar-refractivity contribution < 1.29 is 9.72 Å². The molecule has 4 rings (SSSR count). The molecule has 3 aromatic rings. The topological polar surface area (TPSA) is 63.5 Å². The van der Waals surface area contributed by atoms with Crippen molar-refractivity contribution in [2.75, 3.05) is 11.4 Å². The molecule has 6 heteroatoms. The Kier molecular flexibility index (Phi) is 4.96. The van der Waals surface area contributed by atoms with E-state index in [2.05, 4.69) is 15.9 Å². The molecule has 0 saturated heterocycles. The number of para-hydroxylation sites is 2. The van der Waals surface area contributed by atoms with Crippen molar-refractivity contribution in [3.05, 3.63) is 105 Å². The number of benzene rings is 3. The number of nitrogens with zero attached hydrogens (tertiary/aromatic N) is 2. The number of hydrogen-bond acceptors (Lipinski definition) is 3. The van der Waals surface area contributed by atoms with Crippen molar-refractivity contribution in [3.63, 3.8) is 0 Å². The number of hydrogen-bond donors (Lipinski definition) is 0. The van der Waals surface area contributed by atoms with Crippen LogP contribution in [0.25, 0.3) is 0 Å². The Hall–Kier alpha value is -2.99. The van der Waals surface area contributed by atoms with Gasteiger partial charge in [-0.2, -0.15) is 0 Å². The maximum atomic E-state index is 13.9. The summed E-state index contributed by atoms with van der Waals surface area (Å²) in [6.45, 7) is 1.48. The first-order chi connectivity index (χ1) is 13.9. The fourth-order valence-electron chi connectivity index (χ4n) is 4.23. The number of carbonyl (C=O) groups is 1. The normalized spacial score (nSPS) is 19.1. The van der Waals surface area contributed by atoms with E-state index < -0.39 is 11.3 Å². The van der Waals surface area contributed by atoms with E-state index in [0.717, 1.165) is 27.0 Å². The first-order valence-electron chi connectivity index (χ1n) is 9.30. The molecule has 0 saturated carbocycles. The van der Waals surface area contributed by atoms with Gasteiger partial charge < -0.3 is 0 Å². The third-order valence-electron chi connectivity index (χ3n) is 5.68. The molecule has 0 radical (unpaired) electrons. The molecular weight excluding hydrogens is 432 g/mol. The first-order valence-corrected chi connectivity index (χ1v) is 10.1. The third-order valence-corrected chi connectivity index (χ3v) is 6.40. The van der Waals surface area contributed by atoms with E-state index >= 15 is 0 Å². The van der Waals surface area contributed by atoms with Crippen LogP contribution in [0.4, 0.5) is 11.4 Å². The Morgan fingerprint density at radius 1 is 1.00 bits per heavy atom. The largest absolute Gasteiger partial charge is 0.280 e. The zero-order valence-electron chi connectivity index (χ0n) is 15.8. The van der Waals surface area contributed by atoms with Crippen molar-refractivity contribution in [2.24, 2.45) is 0 Å². The Morgan fingerprint density at radius 2 is 1.62 bits per heavy atom. The fraction of sp³-hybridized carbons (Fsp3) is 0.174. The molecule has 1 heterocycles. The summed E-state index contributed by atoms with van der Waals surface area (Å²) in [5.41, 5.74) is 2.00. The van der Waals surface area contributed by atoms with E-state index in [0.29, 0.717) is 0 Å². The Balaban J connectivity index is 1.94. The van der Waals surface area contributed by atoms with E-state index in [-0.39, 0.29) is 17.4 Å². The second-order valence-corrected chi connectivity index (χ2v) is 8.14. The van der Waals surface area contributed by atoms with Crippen molar-refractivity contribution in [1.29, 1.82) is 0 Å². The molecule has 3 aromatic carbocycles. The van der Waals surface area contributed by atoms with Gasteiger partial charge in [0.2, 0.25) is 12.5 Å². The highest BCUT2D eigenvalue weighted by Gasteiger charge is 2.55. The van der Waals surface area contributed by atoms with Gasteiger partial charge in [0, 0.05) is 15.1 Å². The van der Waals surface area contributed by atoms with E-state index in [1.54, 1.807) is 4.90 Å². The van der Waals surface area contributed by atoms with Gasteiger partial charge in [-0.1, -0.05) is 70.5 Å². The van der Waals surface area contributed by atoms with Crippen LogP contribution in [0.3, 0.4) is 0 Å². The molecule has 0 N–H and O–H groups in total. The number of halogens is 1. The van der Waals surface area contributed by atoms with Gasteiger partial charge in [0.05, 0.1) is 17.0 Å². The van der Waals surface area contributed by atoms with Crippen molar-refractivity contribution in [2.45, 2.75) is 18.3 Å². The van der Waals surface area contributed by atoms with Gasteiger partial charge in [-0.3, -0.25) is 19.8 Å². The van der Waals surface area contributed by atoms with Crippen LogP contribution in [0, 0.1) is 10.1 Å². The number of fused-ring (bicyclic) bond motifs is 1. The van der Waals surface area contributed by atoms with Gasteiger partial charge in [0.1, 0.15) is 0 Å². The van der Waals surface area contributed by atoms with Crippen LogP contribution in [-0.2, 0) is 10.2 Å². The van der Waals surface area contributed by atoms with Gasteiger partial charge in [-0.25, -0.2) is 0 Å². The maximum absolute atomic E-state index is 13.9. The zero-order valence-corrected chi connectivity index (χ0v) is 17.4. The van der Waals surface area contributed by atoms with Crippen molar-refractivity contribution in [1.82, 2.24) is 0 Å². The lowest BCUT2D eigenvalue weighted by Crippen LogP contribution is -2.43. The lowest BCUT2D eigenvalue weighted by atomic mass is 9.69. The van der Waals surface area contributed by atoms with Gasteiger partial charge >= 0.3 is 0 Å². The zero-order chi connectivity index (χ0) is 20.6. The molecule has 2 atom stereocenters. The summed E-state index contributed by atoms with van der Waals surface area (Å²) in [5.74, 6) is -0.789. The van der Waals surface area contributed by atoms with Crippen molar-refractivity contribution in [3.8, 4) is 0 Å². The van der Waals surface area contributed by atoms with E-state index in [1.165, 1.54) is 0 Å². The Bertz CT molecular complexity index is 1090. The smallest absolute Gasteiger partial charge is 0.242 e. The van der Waals surface area contributed by atoms with Crippen molar-refractivity contribution >= 4 is 33.2 Å². The molecule has 5 nitrogen and oxygen atoms in total. The highest BCUT2D eigenvalue weighted by Crippen LogP contribution is 2.52. The molecule has 0 aliphatic carbocycles. The number of anilines is 2. The molecule has 1 amide bonds. The quantitative estimate of drug-likeness (QED) is 0.383. The number of rotatable bonds is 5.